The molecule has 1 amide bonds. The van der Waals surface area contributed by atoms with Crippen LogP contribution in [0.1, 0.15) is 6.42 Å². The minimum Gasteiger partial charge on any atom is -0.383 e. The van der Waals surface area contributed by atoms with E-state index >= 15 is 0 Å². The monoisotopic (exact) mass is 413 g/mol. The summed E-state index contributed by atoms with van der Waals surface area (Å²) in [6.45, 7) is 1.99. The van der Waals surface area contributed by atoms with E-state index in [2.05, 4.69) is 38.3 Å². The summed E-state index contributed by atoms with van der Waals surface area (Å²) in [7, 11) is 1.54. The summed E-state index contributed by atoms with van der Waals surface area (Å²) in [5.74, 6) is -0.144. The summed E-state index contributed by atoms with van der Waals surface area (Å²) < 4.78 is 5.96. The van der Waals surface area contributed by atoms with Gasteiger partial charge in [0.1, 0.15) is 6.04 Å². The molecule has 126 valence electrons. The molecule has 22 heavy (non-hydrogen) atoms. The van der Waals surface area contributed by atoms with Gasteiger partial charge in [-0.1, -0.05) is 15.9 Å². The summed E-state index contributed by atoms with van der Waals surface area (Å²) in [6.07, 6.45) is 0.932. The third kappa shape index (κ3) is 5.93. The van der Waals surface area contributed by atoms with E-state index < -0.39 is 6.04 Å². The van der Waals surface area contributed by atoms with Crippen LogP contribution < -0.4 is 16.0 Å². The number of nitrogens with one attached hydrogen (secondary N) is 1. The number of hydrogen-bond acceptors (Lipinski definition) is 4. The molecule has 0 spiro atoms. The minimum absolute atomic E-state index is 0. The Balaban J connectivity index is 0.00000220. The molecular formula is C14H22BrCl2N3O2. The van der Waals surface area contributed by atoms with Crippen LogP contribution in [-0.2, 0) is 9.53 Å². The number of amides is 1. The smallest absolute Gasteiger partial charge is 0.239 e. The molecule has 0 radical (unpaired) electrons. The first kappa shape index (κ1) is 21.5. The van der Waals surface area contributed by atoms with Crippen LogP contribution in [0.2, 0.25) is 0 Å². The maximum atomic E-state index is 11.8. The van der Waals surface area contributed by atoms with E-state index in [0.717, 1.165) is 24.0 Å². The van der Waals surface area contributed by atoms with Crippen LogP contribution in [0.3, 0.4) is 0 Å². The van der Waals surface area contributed by atoms with Gasteiger partial charge in [-0.3, -0.25) is 4.79 Å². The fourth-order valence-electron chi connectivity index (χ4n) is 2.33. The molecule has 1 saturated heterocycles. The van der Waals surface area contributed by atoms with Crippen molar-refractivity contribution in [2.24, 2.45) is 5.73 Å². The standard InChI is InChI=1S/C14H20BrN3O2.2ClH/c1-20-9-13(16)14(19)17-11-6-7-18(8-11)12-4-2-10(15)3-5-12;;/h2-5,11,13H,6-9,16H2,1H3,(H,17,19);2*1H. The number of carbonyl (C=O) groups is 1. The molecule has 1 heterocycles. The molecule has 0 bridgehead atoms. The van der Waals surface area contributed by atoms with E-state index in [1.54, 1.807) is 0 Å². The third-order valence-corrected chi connectivity index (χ3v) is 3.94. The van der Waals surface area contributed by atoms with Gasteiger partial charge in [0.15, 0.2) is 0 Å². The number of methoxy groups -OCH3 is 1. The lowest BCUT2D eigenvalue weighted by Gasteiger charge is -2.20. The molecule has 1 aromatic rings. The average molecular weight is 415 g/mol. The molecular weight excluding hydrogens is 393 g/mol. The lowest BCUT2D eigenvalue weighted by Crippen LogP contribution is -2.48. The van der Waals surface area contributed by atoms with Crippen LogP contribution in [0.5, 0.6) is 0 Å². The van der Waals surface area contributed by atoms with Gasteiger partial charge in [0.05, 0.1) is 6.61 Å². The van der Waals surface area contributed by atoms with Crippen molar-refractivity contribution in [3.8, 4) is 0 Å². The van der Waals surface area contributed by atoms with Gasteiger partial charge in [-0.2, -0.15) is 0 Å². The number of nitrogens with zero attached hydrogens (tertiary/aromatic N) is 1. The molecule has 2 unspecified atom stereocenters. The van der Waals surface area contributed by atoms with Crippen molar-refractivity contribution in [1.29, 1.82) is 0 Å². The van der Waals surface area contributed by atoms with Crippen molar-refractivity contribution in [2.75, 3.05) is 31.7 Å². The van der Waals surface area contributed by atoms with Crippen molar-refractivity contribution >= 4 is 52.3 Å². The molecule has 2 atom stereocenters. The van der Waals surface area contributed by atoms with Gasteiger partial charge >= 0.3 is 0 Å². The Morgan fingerprint density at radius 3 is 2.68 bits per heavy atom. The van der Waals surface area contributed by atoms with Crippen LogP contribution in [0, 0.1) is 0 Å². The van der Waals surface area contributed by atoms with E-state index in [1.165, 1.54) is 12.8 Å². The first-order chi connectivity index (χ1) is 9.60. The SMILES string of the molecule is COCC(N)C(=O)NC1CCN(c2ccc(Br)cc2)C1.Cl.Cl. The second-order valence-corrected chi connectivity index (χ2v) is 5.89. The highest BCUT2D eigenvalue weighted by Gasteiger charge is 2.25. The van der Waals surface area contributed by atoms with Crippen molar-refractivity contribution in [1.82, 2.24) is 5.32 Å². The Labute approximate surface area is 151 Å². The highest BCUT2D eigenvalue weighted by Crippen LogP contribution is 2.22. The van der Waals surface area contributed by atoms with Crippen LogP contribution in [-0.4, -0.2) is 44.8 Å². The van der Waals surface area contributed by atoms with E-state index in [-0.39, 0.29) is 43.4 Å². The highest BCUT2D eigenvalue weighted by atomic mass is 79.9. The second-order valence-electron chi connectivity index (χ2n) is 4.98. The fourth-order valence-corrected chi connectivity index (χ4v) is 2.59. The number of halogens is 3. The first-order valence-corrected chi connectivity index (χ1v) is 7.45. The lowest BCUT2D eigenvalue weighted by molar-refractivity contribution is -0.124. The number of nitrogens with two attached hydrogens (primary N) is 1. The molecule has 1 fully saturated rings. The zero-order valence-corrected chi connectivity index (χ0v) is 15.5. The molecule has 0 aromatic heterocycles. The summed E-state index contributed by atoms with van der Waals surface area (Å²) in [4.78, 5) is 14.1. The predicted octanol–water partition coefficient (Wildman–Crippen LogP) is 1.96. The van der Waals surface area contributed by atoms with Crippen LogP contribution in [0.4, 0.5) is 5.69 Å². The summed E-state index contributed by atoms with van der Waals surface area (Å²) in [5.41, 5.74) is 6.88. The summed E-state index contributed by atoms with van der Waals surface area (Å²) >= 11 is 3.43. The number of carbonyl (C=O) groups excluding carboxylic acids is 1. The van der Waals surface area contributed by atoms with E-state index in [9.17, 15) is 4.79 Å². The third-order valence-electron chi connectivity index (χ3n) is 3.41. The van der Waals surface area contributed by atoms with Gasteiger partial charge in [-0.05, 0) is 30.7 Å². The zero-order valence-electron chi connectivity index (χ0n) is 12.3. The molecule has 0 saturated carbocycles. The molecule has 2 rings (SSSR count). The Morgan fingerprint density at radius 1 is 1.45 bits per heavy atom. The average Bonchev–Trinajstić information content (AvgIpc) is 2.88. The number of anilines is 1. The van der Waals surface area contributed by atoms with Crippen molar-refractivity contribution in [2.45, 2.75) is 18.5 Å². The zero-order chi connectivity index (χ0) is 14.5. The van der Waals surface area contributed by atoms with Crippen LogP contribution in [0.25, 0.3) is 0 Å². The lowest BCUT2D eigenvalue weighted by atomic mass is 10.2. The first-order valence-electron chi connectivity index (χ1n) is 6.65. The maximum absolute atomic E-state index is 11.8. The second kappa shape index (κ2) is 10.3. The van der Waals surface area contributed by atoms with Gasteiger partial charge in [-0.25, -0.2) is 0 Å². The number of hydrogen-bond donors (Lipinski definition) is 2. The van der Waals surface area contributed by atoms with Gasteiger partial charge < -0.3 is 20.7 Å². The Bertz CT molecular complexity index is 462. The fraction of sp³-hybridized carbons (Fsp3) is 0.500. The van der Waals surface area contributed by atoms with Crippen molar-refractivity contribution in [3.05, 3.63) is 28.7 Å². The Hall–Kier alpha value is -0.530. The van der Waals surface area contributed by atoms with E-state index in [0.29, 0.717) is 0 Å². The molecule has 3 N–H and O–H groups in total. The number of rotatable bonds is 5. The predicted molar refractivity (Wildman–Crippen MR) is 97.3 cm³/mol. The van der Waals surface area contributed by atoms with E-state index in [4.69, 9.17) is 10.5 Å². The maximum Gasteiger partial charge on any atom is 0.239 e. The van der Waals surface area contributed by atoms with Crippen molar-refractivity contribution < 1.29 is 9.53 Å². The largest absolute Gasteiger partial charge is 0.383 e. The summed E-state index contributed by atoms with van der Waals surface area (Å²) in [5, 5.41) is 2.98. The minimum atomic E-state index is -0.596. The van der Waals surface area contributed by atoms with Gasteiger partial charge in [0.25, 0.3) is 0 Å². The van der Waals surface area contributed by atoms with Gasteiger partial charge in [-0.15, -0.1) is 24.8 Å². The molecule has 1 aliphatic heterocycles. The van der Waals surface area contributed by atoms with Gasteiger partial charge in [0.2, 0.25) is 5.91 Å². The van der Waals surface area contributed by atoms with Crippen molar-refractivity contribution in [3.63, 3.8) is 0 Å². The van der Waals surface area contributed by atoms with Crippen LogP contribution >= 0.6 is 40.7 Å². The highest BCUT2D eigenvalue weighted by molar-refractivity contribution is 9.10. The molecule has 8 heteroatoms. The van der Waals surface area contributed by atoms with Crippen LogP contribution in [0.15, 0.2) is 28.7 Å². The summed E-state index contributed by atoms with van der Waals surface area (Å²) in [6, 6.07) is 7.75. The Kier molecular flexibility index (Phi) is 10.0. The molecule has 1 aliphatic rings. The molecule has 0 aliphatic carbocycles. The van der Waals surface area contributed by atoms with E-state index in [1.807, 2.05) is 12.1 Å². The topological polar surface area (TPSA) is 67.6 Å². The van der Waals surface area contributed by atoms with Gasteiger partial charge in [0, 0.05) is 36.4 Å². The normalized spacial score (nSPS) is 18.1. The number of ether oxygens (including phenoxy) is 1. The quantitative estimate of drug-likeness (QED) is 0.772. The number of benzene rings is 1. The Morgan fingerprint density at radius 2 is 2.09 bits per heavy atom. The molecule has 1 aromatic carbocycles. The molecule has 5 nitrogen and oxygen atoms in total.